The summed E-state index contributed by atoms with van der Waals surface area (Å²) in [5.41, 5.74) is 0.561. The smallest absolute Gasteiger partial charge is 0.137 e. The van der Waals surface area contributed by atoms with Gasteiger partial charge in [0.2, 0.25) is 0 Å². The molecule has 0 aliphatic heterocycles. The summed E-state index contributed by atoms with van der Waals surface area (Å²) in [6, 6.07) is 14.3. The molecule has 3 aromatic rings. The second-order valence-electron chi connectivity index (χ2n) is 5.39. The Morgan fingerprint density at radius 3 is 2.70 bits per heavy atom. The molecule has 0 amide bonds. The van der Waals surface area contributed by atoms with Crippen molar-refractivity contribution >= 4 is 22.9 Å². The molecule has 0 radical (unpaired) electrons. The Labute approximate surface area is 144 Å². The quantitative estimate of drug-likeness (QED) is 0.678. The molecule has 23 heavy (non-hydrogen) atoms. The van der Waals surface area contributed by atoms with Gasteiger partial charge in [-0.2, -0.15) is 10.4 Å². The molecular weight excluding hydrogens is 328 g/mol. The fourth-order valence-electron chi connectivity index (χ4n) is 2.58. The van der Waals surface area contributed by atoms with E-state index in [1.165, 1.54) is 11.9 Å². The molecule has 2 aromatic heterocycles. The second kappa shape index (κ2) is 6.95. The summed E-state index contributed by atoms with van der Waals surface area (Å²) in [6.07, 6.45) is 4.67. The summed E-state index contributed by atoms with van der Waals surface area (Å²) in [6.45, 7) is 0.498. The number of aromatic nitrogens is 3. The van der Waals surface area contributed by atoms with Crippen molar-refractivity contribution in [2.24, 2.45) is 0 Å². The van der Waals surface area contributed by atoms with Crippen LogP contribution >= 0.6 is 22.9 Å². The molecule has 1 atom stereocenters. The average molecular weight is 343 g/mol. The van der Waals surface area contributed by atoms with Gasteiger partial charge in [0.05, 0.1) is 12.6 Å². The zero-order chi connectivity index (χ0) is 16.1. The van der Waals surface area contributed by atoms with Gasteiger partial charge >= 0.3 is 0 Å². The molecule has 0 bridgehead atoms. The largest absolute Gasteiger partial charge is 0.251 e. The summed E-state index contributed by atoms with van der Waals surface area (Å²) >= 11 is 7.54. The lowest BCUT2D eigenvalue weighted by Gasteiger charge is -2.25. The zero-order valence-corrected chi connectivity index (χ0v) is 14.0. The van der Waals surface area contributed by atoms with Gasteiger partial charge in [0.25, 0.3) is 0 Å². The highest BCUT2D eigenvalue weighted by atomic mass is 35.5. The minimum atomic E-state index is -0.610. The van der Waals surface area contributed by atoms with Crippen LogP contribution in [0, 0.1) is 11.3 Å². The molecule has 2 heterocycles. The Morgan fingerprint density at radius 1 is 1.26 bits per heavy atom. The van der Waals surface area contributed by atoms with Gasteiger partial charge in [-0.25, -0.2) is 4.98 Å². The second-order valence-corrected chi connectivity index (χ2v) is 6.77. The van der Waals surface area contributed by atoms with E-state index in [2.05, 4.69) is 16.2 Å². The molecule has 6 heteroatoms. The van der Waals surface area contributed by atoms with Crippen molar-refractivity contribution in [3.63, 3.8) is 0 Å². The van der Waals surface area contributed by atoms with Gasteiger partial charge in [-0.1, -0.05) is 29.8 Å². The van der Waals surface area contributed by atoms with Gasteiger partial charge in [-0.05, 0) is 42.0 Å². The lowest BCUT2D eigenvalue weighted by molar-refractivity contribution is 0.408. The number of benzene rings is 1. The summed E-state index contributed by atoms with van der Waals surface area (Å²) in [5.74, 6) is 0. The van der Waals surface area contributed by atoms with Crippen LogP contribution in [0.3, 0.4) is 0 Å². The van der Waals surface area contributed by atoms with Crippen LogP contribution in [-0.4, -0.2) is 14.8 Å². The van der Waals surface area contributed by atoms with E-state index in [1.54, 1.807) is 22.3 Å². The summed E-state index contributed by atoms with van der Waals surface area (Å²) in [5, 5.41) is 16.8. The summed E-state index contributed by atoms with van der Waals surface area (Å²) < 4.78 is 1.73. The first-order valence-corrected chi connectivity index (χ1v) is 8.50. The van der Waals surface area contributed by atoms with Gasteiger partial charge in [0.15, 0.2) is 0 Å². The molecule has 1 unspecified atom stereocenters. The van der Waals surface area contributed by atoms with Gasteiger partial charge in [-0.15, -0.1) is 11.3 Å². The lowest BCUT2D eigenvalue weighted by atomic mass is 9.82. The molecule has 0 spiro atoms. The molecule has 0 saturated carbocycles. The van der Waals surface area contributed by atoms with Crippen LogP contribution in [0.25, 0.3) is 0 Å². The van der Waals surface area contributed by atoms with Crippen LogP contribution in [0.4, 0.5) is 0 Å². The van der Waals surface area contributed by atoms with Crippen LogP contribution in [0.1, 0.15) is 16.9 Å². The van der Waals surface area contributed by atoms with E-state index in [9.17, 15) is 5.26 Å². The molecule has 0 aliphatic carbocycles. The van der Waals surface area contributed by atoms with Crippen molar-refractivity contribution in [2.75, 3.05) is 0 Å². The predicted molar refractivity (Wildman–Crippen MR) is 91.4 cm³/mol. The van der Waals surface area contributed by atoms with Crippen molar-refractivity contribution in [3.05, 3.63) is 69.9 Å². The lowest BCUT2D eigenvalue weighted by Crippen LogP contribution is -2.30. The SMILES string of the molecule is N#CC(CCc1ccc(Cl)cc1)(Cn1cncn1)c1cccs1. The number of rotatable bonds is 6. The Kier molecular flexibility index (Phi) is 4.75. The fraction of sp³-hybridized carbons (Fsp3) is 0.235. The van der Waals surface area contributed by atoms with Crippen molar-refractivity contribution in [2.45, 2.75) is 24.8 Å². The van der Waals surface area contributed by atoms with E-state index in [-0.39, 0.29) is 0 Å². The van der Waals surface area contributed by atoms with E-state index in [4.69, 9.17) is 11.6 Å². The molecule has 0 saturated heterocycles. The maximum absolute atomic E-state index is 9.94. The maximum atomic E-state index is 9.94. The van der Waals surface area contributed by atoms with E-state index in [0.29, 0.717) is 13.0 Å². The van der Waals surface area contributed by atoms with Crippen molar-refractivity contribution < 1.29 is 0 Å². The van der Waals surface area contributed by atoms with Gasteiger partial charge in [-0.3, -0.25) is 4.68 Å². The molecule has 1 aromatic carbocycles. The normalized spacial score (nSPS) is 13.4. The first kappa shape index (κ1) is 15.7. The highest BCUT2D eigenvalue weighted by Gasteiger charge is 2.34. The molecule has 0 fully saturated rings. The van der Waals surface area contributed by atoms with Gasteiger partial charge < -0.3 is 0 Å². The number of hydrogen-bond donors (Lipinski definition) is 0. The van der Waals surface area contributed by atoms with Crippen molar-refractivity contribution in [3.8, 4) is 6.07 Å². The molecule has 4 nitrogen and oxygen atoms in total. The minimum absolute atomic E-state index is 0.498. The monoisotopic (exact) mass is 342 g/mol. The van der Waals surface area contributed by atoms with Crippen LogP contribution < -0.4 is 0 Å². The van der Waals surface area contributed by atoms with Crippen LogP contribution in [0.2, 0.25) is 5.02 Å². The van der Waals surface area contributed by atoms with Crippen molar-refractivity contribution in [1.82, 2.24) is 14.8 Å². The molecule has 116 valence electrons. The third kappa shape index (κ3) is 3.61. The fourth-order valence-corrected chi connectivity index (χ4v) is 3.60. The van der Waals surface area contributed by atoms with Gasteiger partial charge in [0.1, 0.15) is 18.1 Å². The number of hydrogen-bond acceptors (Lipinski definition) is 4. The Bertz CT molecular complexity index is 775. The average Bonchev–Trinajstić information content (AvgIpc) is 3.27. The summed E-state index contributed by atoms with van der Waals surface area (Å²) in [4.78, 5) is 5.04. The van der Waals surface area contributed by atoms with Crippen molar-refractivity contribution in [1.29, 1.82) is 5.26 Å². The topological polar surface area (TPSA) is 54.5 Å². The molecule has 3 rings (SSSR count). The Hall–Kier alpha value is -2.16. The van der Waals surface area contributed by atoms with E-state index in [1.807, 2.05) is 41.8 Å². The first-order valence-electron chi connectivity index (χ1n) is 7.24. The number of halogens is 1. The maximum Gasteiger partial charge on any atom is 0.137 e. The zero-order valence-electron chi connectivity index (χ0n) is 12.4. The Morgan fingerprint density at radius 2 is 2.09 bits per heavy atom. The van der Waals surface area contributed by atoms with Crippen LogP contribution in [-0.2, 0) is 18.4 Å². The summed E-state index contributed by atoms with van der Waals surface area (Å²) in [7, 11) is 0. The third-order valence-corrected chi connectivity index (χ3v) is 5.19. The predicted octanol–water partition coefficient (Wildman–Crippen LogP) is 4.09. The molecule has 0 N–H and O–H groups in total. The highest BCUT2D eigenvalue weighted by Crippen LogP contribution is 2.34. The minimum Gasteiger partial charge on any atom is -0.251 e. The van der Waals surface area contributed by atoms with E-state index in [0.717, 1.165) is 16.3 Å². The standard InChI is InChI=1S/C17H15ClN4S/c18-15-5-3-14(4-6-15)7-8-17(10-19,16-2-1-9-23-16)11-22-13-20-12-21-22/h1-6,9,12-13H,7-8,11H2. The molecule has 0 aliphatic rings. The number of nitriles is 1. The number of aryl methyl sites for hydroxylation is 1. The van der Waals surface area contributed by atoms with Gasteiger partial charge in [0, 0.05) is 9.90 Å². The van der Waals surface area contributed by atoms with Crippen LogP contribution in [0.15, 0.2) is 54.4 Å². The van der Waals surface area contributed by atoms with E-state index < -0.39 is 5.41 Å². The number of nitrogens with zero attached hydrogens (tertiary/aromatic N) is 4. The Balaban J connectivity index is 1.85. The van der Waals surface area contributed by atoms with Crippen LogP contribution in [0.5, 0.6) is 0 Å². The third-order valence-electron chi connectivity index (χ3n) is 3.86. The number of thiophene rings is 1. The first-order chi connectivity index (χ1) is 11.2. The van der Waals surface area contributed by atoms with E-state index >= 15 is 0 Å². The highest BCUT2D eigenvalue weighted by molar-refractivity contribution is 7.10. The molecular formula is C17H15ClN4S.